The molecule has 4 heterocycles. The van der Waals surface area contributed by atoms with Crippen LogP contribution in [0.4, 0.5) is 0 Å². The number of hydrogen-bond acceptors (Lipinski definition) is 8. The maximum absolute atomic E-state index is 12.0. The van der Waals surface area contributed by atoms with E-state index in [9.17, 15) is 38.4 Å². The number of rotatable bonds is 8. The van der Waals surface area contributed by atoms with Crippen LogP contribution in [0.25, 0.3) is 0 Å². The quantitative estimate of drug-likeness (QED) is 0.392. The fourth-order valence-corrected chi connectivity index (χ4v) is 5.76. The summed E-state index contributed by atoms with van der Waals surface area (Å²) in [6, 6.07) is 12.6. The molecule has 2 aromatic carbocycles. The highest BCUT2D eigenvalue weighted by atomic mass is 16.2. The van der Waals surface area contributed by atoms with Gasteiger partial charge in [-0.2, -0.15) is 0 Å². The van der Waals surface area contributed by atoms with Gasteiger partial charge in [0.15, 0.2) is 0 Å². The zero-order valence-corrected chi connectivity index (χ0v) is 27.7. The Hall–Kier alpha value is -6.04. The Labute approximate surface area is 282 Å². The van der Waals surface area contributed by atoms with Crippen molar-refractivity contribution in [2.75, 3.05) is 0 Å². The van der Waals surface area contributed by atoms with Crippen LogP contribution in [0.15, 0.2) is 89.1 Å². The van der Waals surface area contributed by atoms with E-state index in [0.29, 0.717) is 22.3 Å². The molecule has 0 bridgehead atoms. The Bertz CT molecular complexity index is 1870. The second-order valence-electron chi connectivity index (χ2n) is 12.2. The van der Waals surface area contributed by atoms with Crippen molar-refractivity contribution in [3.05, 3.63) is 117 Å². The Morgan fingerprint density at radius 1 is 0.408 bits per heavy atom. The first-order valence-corrected chi connectivity index (χ1v) is 15.5. The Balaban J connectivity index is 0.000000191. The summed E-state index contributed by atoms with van der Waals surface area (Å²) >= 11 is 0. The number of amides is 8. The van der Waals surface area contributed by atoms with E-state index in [2.05, 4.69) is 0 Å². The van der Waals surface area contributed by atoms with Crippen molar-refractivity contribution in [2.45, 2.75) is 60.8 Å². The summed E-state index contributed by atoms with van der Waals surface area (Å²) in [5.74, 6) is -2.47. The van der Waals surface area contributed by atoms with E-state index < -0.39 is 0 Å². The van der Waals surface area contributed by atoms with Crippen molar-refractivity contribution in [2.24, 2.45) is 0 Å². The normalized spacial score (nSPS) is 17.7. The van der Waals surface area contributed by atoms with Crippen molar-refractivity contribution >= 4 is 47.3 Å². The predicted octanol–water partition coefficient (Wildman–Crippen LogP) is 2.94. The van der Waals surface area contributed by atoms with E-state index >= 15 is 0 Å². The lowest BCUT2D eigenvalue weighted by Gasteiger charge is -2.20. The minimum absolute atomic E-state index is 0.165. The molecule has 0 aliphatic carbocycles. The van der Waals surface area contributed by atoms with E-state index in [1.54, 1.807) is 58.0 Å². The third-order valence-electron chi connectivity index (χ3n) is 8.64. The van der Waals surface area contributed by atoms with Gasteiger partial charge in [0.25, 0.3) is 47.3 Å². The molecule has 49 heavy (non-hydrogen) atoms. The molecule has 8 amide bonds. The molecule has 250 valence electrons. The maximum Gasteiger partial charge on any atom is 0.256 e. The van der Waals surface area contributed by atoms with Crippen LogP contribution in [0, 0.1) is 6.92 Å². The highest BCUT2D eigenvalue weighted by Gasteiger charge is 2.32. The number of benzene rings is 2. The van der Waals surface area contributed by atoms with Crippen LogP contribution in [-0.4, -0.2) is 66.9 Å². The summed E-state index contributed by atoms with van der Waals surface area (Å²) < 4.78 is 0. The van der Waals surface area contributed by atoms with Crippen LogP contribution in [0.5, 0.6) is 0 Å². The van der Waals surface area contributed by atoms with Gasteiger partial charge in [-0.25, -0.2) is 0 Å². The molecule has 2 aromatic rings. The average molecular weight is 663 g/mol. The number of hydrogen-bond donors (Lipinski definition) is 0. The van der Waals surface area contributed by atoms with Gasteiger partial charge in [0.1, 0.15) is 0 Å². The number of carbonyl (C=O) groups is 8. The largest absolute Gasteiger partial charge is 0.271 e. The minimum atomic E-state index is -0.326. The molecule has 0 saturated carbocycles. The fourth-order valence-electron chi connectivity index (χ4n) is 5.76. The third kappa shape index (κ3) is 6.98. The SMILES string of the molecule is CC1=CC(=O)N(Cc2cccc(CN3C(=O)C=C(C)C3=O)c2)C1=O.CC1=CC(=O)N(Cc2cccc(CN3C(=O)C=C(C)C3=O)c2C)C1=O. The molecule has 0 saturated heterocycles. The molecule has 0 N–H and O–H groups in total. The molecule has 0 atom stereocenters. The number of imide groups is 4. The fraction of sp³-hybridized carbons (Fsp3) is 0.243. The van der Waals surface area contributed by atoms with Crippen LogP contribution in [0.3, 0.4) is 0 Å². The summed E-state index contributed by atoms with van der Waals surface area (Å²) in [6.45, 7) is 8.98. The first-order chi connectivity index (χ1) is 23.2. The first kappa shape index (κ1) is 34.3. The van der Waals surface area contributed by atoms with Crippen molar-refractivity contribution in [1.82, 2.24) is 19.6 Å². The molecule has 12 nitrogen and oxygen atoms in total. The molecule has 0 spiro atoms. The van der Waals surface area contributed by atoms with Gasteiger partial charge in [-0.3, -0.25) is 58.0 Å². The van der Waals surface area contributed by atoms with Gasteiger partial charge in [0.05, 0.1) is 26.2 Å². The third-order valence-corrected chi connectivity index (χ3v) is 8.64. The van der Waals surface area contributed by atoms with Gasteiger partial charge in [-0.15, -0.1) is 0 Å². The zero-order chi connectivity index (χ0) is 35.7. The Morgan fingerprint density at radius 3 is 0.980 bits per heavy atom. The van der Waals surface area contributed by atoms with E-state index in [4.69, 9.17) is 0 Å². The topological polar surface area (TPSA) is 150 Å². The summed E-state index contributed by atoms with van der Waals surface area (Å²) in [7, 11) is 0. The molecule has 0 unspecified atom stereocenters. The highest BCUT2D eigenvalue weighted by molar-refractivity contribution is 6.17. The average Bonchev–Trinajstić information content (AvgIpc) is 3.64. The van der Waals surface area contributed by atoms with Gasteiger partial charge in [-0.05, 0) is 62.4 Å². The Kier molecular flexibility index (Phi) is 9.52. The summed E-state index contributed by atoms with van der Waals surface area (Å²) in [4.78, 5) is 100. The van der Waals surface area contributed by atoms with Gasteiger partial charge in [-0.1, -0.05) is 42.5 Å². The van der Waals surface area contributed by atoms with E-state index in [1.807, 2.05) is 19.1 Å². The van der Waals surface area contributed by atoms with Gasteiger partial charge < -0.3 is 0 Å². The molecular formula is C37H34N4O8. The van der Waals surface area contributed by atoms with Crippen LogP contribution in [0.1, 0.15) is 55.5 Å². The second kappa shape index (κ2) is 13.6. The van der Waals surface area contributed by atoms with Crippen molar-refractivity contribution < 1.29 is 38.4 Å². The second-order valence-corrected chi connectivity index (χ2v) is 12.2. The summed E-state index contributed by atoms with van der Waals surface area (Å²) in [5.41, 5.74) is 5.70. The van der Waals surface area contributed by atoms with Gasteiger partial charge in [0.2, 0.25) is 0 Å². The van der Waals surface area contributed by atoms with Crippen LogP contribution in [-0.2, 0) is 64.5 Å². The lowest BCUT2D eigenvalue weighted by atomic mass is 10.0. The predicted molar refractivity (Wildman–Crippen MR) is 175 cm³/mol. The van der Waals surface area contributed by atoms with Crippen LogP contribution < -0.4 is 0 Å². The Morgan fingerprint density at radius 2 is 0.694 bits per heavy atom. The molecule has 0 radical (unpaired) electrons. The minimum Gasteiger partial charge on any atom is -0.271 e. The van der Waals surface area contributed by atoms with E-state index in [-0.39, 0.29) is 73.4 Å². The van der Waals surface area contributed by atoms with Crippen LogP contribution >= 0.6 is 0 Å². The van der Waals surface area contributed by atoms with Crippen molar-refractivity contribution in [3.63, 3.8) is 0 Å². The maximum atomic E-state index is 12.0. The highest BCUT2D eigenvalue weighted by Crippen LogP contribution is 2.24. The molecule has 4 aliphatic rings. The van der Waals surface area contributed by atoms with E-state index in [1.165, 1.54) is 43.9 Å². The first-order valence-electron chi connectivity index (χ1n) is 15.5. The molecule has 6 rings (SSSR count). The zero-order valence-electron chi connectivity index (χ0n) is 27.7. The van der Waals surface area contributed by atoms with Crippen LogP contribution in [0.2, 0.25) is 0 Å². The van der Waals surface area contributed by atoms with E-state index in [0.717, 1.165) is 27.8 Å². The lowest BCUT2D eigenvalue weighted by molar-refractivity contribution is -0.139. The molecule has 12 heteroatoms. The monoisotopic (exact) mass is 662 g/mol. The number of carbonyl (C=O) groups excluding carboxylic acids is 8. The van der Waals surface area contributed by atoms with Crippen molar-refractivity contribution in [1.29, 1.82) is 0 Å². The molecule has 4 aliphatic heterocycles. The number of nitrogens with zero attached hydrogens (tertiary/aromatic N) is 4. The molecule has 0 fully saturated rings. The molecule has 0 aromatic heterocycles. The molecular weight excluding hydrogens is 628 g/mol. The van der Waals surface area contributed by atoms with Gasteiger partial charge >= 0.3 is 0 Å². The van der Waals surface area contributed by atoms with Gasteiger partial charge in [0, 0.05) is 46.6 Å². The summed E-state index contributed by atoms with van der Waals surface area (Å²) in [6.07, 6.45) is 5.31. The smallest absolute Gasteiger partial charge is 0.256 e. The summed E-state index contributed by atoms with van der Waals surface area (Å²) in [5, 5.41) is 0. The standard InChI is InChI=1S/C19H18N2O4.C18H16N2O4/c1-11-7-16(22)20(18(11)24)9-14-5-4-6-15(13(14)3)10-21-17(23)8-12(2)19(21)25;1-11-6-15(21)19(17(11)23)9-13-4-3-5-14(8-13)10-20-16(22)7-12(2)18(20)24/h4-8H,9-10H2,1-3H3;3-8H,9-10H2,1-2H3. The lowest BCUT2D eigenvalue weighted by Crippen LogP contribution is -2.32. The van der Waals surface area contributed by atoms with Crippen molar-refractivity contribution in [3.8, 4) is 0 Å².